The van der Waals surface area contributed by atoms with E-state index in [4.69, 9.17) is 11.6 Å². The van der Waals surface area contributed by atoms with Crippen molar-refractivity contribution in [1.82, 2.24) is 15.0 Å². The lowest BCUT2D eigenvalue weighted by molar-refractivity contribution is -0.0220. The van der Waals surface area contributed by atoms with Crippen molar-refractivity contribution in [1.29, 1.82) is 0 Å². The Kier molecular flexibility index (Phi) is 6.18. The Morgan fingerprint density at radius 1 is 1.12 bits per heavy atom. The number of benzene rings is 1. The summed E-state index contributed by atoms with van der Waals surface area (Å²) in [7, 11) is 0. The molecule has 0 unspecified atom stereocenters. The number of nitrogens with one attached hydrogen (secondary N) is 2. The van der Waals surface area contributed by atoms with Crippen LogP contribution in [0.4, 0.5) is 31.8 Å². The molecule has 0 aliphatic carbocycles. The van der Waals surface area contributed by atoms with Gasteiger partial charge in [-0.05, 0) is 43.3 Å². The molecule has 0 saturated carbocycles. The third kappa shape index (κ3) is 5.28. The van der Waals surface area contributed by atoms with Crippen molar-refractivity contribution in [3.8, 4) is 0 Å². The molecule has 2 N–H and O–H groups in total. The lowest BCUT2D eigenvalue weighted by atomic mass is 10.1. The van der Waals surface area contributed by atoms with Gasteiger partial charge >= 0.3 is 0 Å². The number of halogens is 3. The summed E-state index contributed by atoms with van der Waals surface area (Å²) in [6, 6.07) is 10.3. The maximum absolute atomic E-state index is 13.6. The van der Waals surface area contributed by atoms with Crippen LogP contribution >= 0.6 is 11.6 Å². The van der Waals surface area contributed by atoms with Gasteiger partial charge in [-0.2, -0.15) is 0 Å². The summed E-state index contributed by atoms with van der Waals surface area (Å²) < 4.78 is 27.2. The zero-order chi connectivity index (χ0) is 22.7. The second-order valence-electron chi connectivity index (χ2n) is 7.54. The molecular formula is C22H21ClF2N6O. The normalized spacial score (nSPS) is 15.3. The predicted molar refractivity (Wildman–Crippen MR) is 120 cm³/mol. The molecule has 1 amide bonds. The molecule has 1 aliphatic rings. The van der Waals surface area contributed by atoms with Gasteiger partial charge in [0.15, 0.2) is 0 Å². The summed E-state index contributed by atoms with van der Waals surface area (Å²) in [5.41, 5.74) is 2.70. The number of pyridine rings is 1. The highest BCUT2D eigenvalue weighted by Crippen LogP contribution is 2.34. The number of hydrogen-bond acceptors (Lipinski definition) is 6. The predicted octanol–water partition coefficient (Wildman–Crippen LogP) is 5.06. The van der Waals surface area contributed by atoms with Gasteiger partial charge in [0.25, 0.3) is 11.8 Å². The monoisotopic (exact) mass is 458 g/mol. The van der Waals surface area contributed by atoms with Gasteiger partial charge in [-0.1, -0.05) is 11.6 Å². The second-order valence-corrected chi connectivity index (χ2v) is 7.97. The minimum atomic E-state index is -2.66. The lowest BCUT2D eigenvalue weighted by Gasteiger charge is -2.34. The van der Waals surface area contributed by atoms with Crippen molar-refractivity contribution in [3.63, 3.8) is 0 Å². The summed E-state index contributed by atoms with van der Waals surface area (Å²) >= 11 is 5.89. The number of aryl methyl sites for hydroxylation is 1. The van der Waals surface area contributed by atoms with Crippen molar-refractivity contribution < 1.29 is 13.6 Å². The smallest absolute Gasteiger partial charge is 0.274 e. The Bertz CT molecular complexity index is 1120. The van der Waals surface area contributed by atoms with Gasteiger partial charge in [0.1, 0.15) is 5.69 Å². The second kappa shape index (κ2) is 9.04. The summed E-state index contributed by atoms with van der Waals surface area (Å²) in [6.07, 6.45) is 2.55. The minimum Gasteiger partial charge on any atom is -0.369 e. The minimum absolute atomic E-state index is 0.146. The van der Waals surface area contributed by atoms with Crippen molar-refractivity contribution in [2.24, 2.45) is 0 Å². The molecule has 4 rings (SSSR count). The molecule has 1 fully saturated rings. The number of anilines is 4. The molecule has 1 aliphatic heterocycles. The number of aromatic nitrogens is 3. The molecular weight excluding hydrogens is 438 g/mol. The molecule has 0 spiro atoms. The fourth-order valence-electron chi connectivity index (χ4n) is 3.37. The molecule has 166 valence electrons. The van der Waals surface area contributed by atoms with Crippen LogP contribution in [0, 0.1) is 6.92 Å². The summed E-state index contributed by atoms with van der Waals surface area (Å²) in [4.78, 5) is 27.4. The highest BCUT2D eigenvalue weighted by molar-refractivity contribution is 6.30. The van der Waals surface area contributed by atoms with Crippen LogP contribution in [0.15, 0.2) is 48.8 Å². The molecule has 7 nitrogen and oxygen atoms in total. The zero-order valence-electron chi connectivity index (χ0n) is 17.3. The Balaban J connectivity index is 1.51. The number of hydrogen-bond donors (Lipinski definition) is 2. The maximum atomic E-state index is 13.6. The number of piperidine rings is 1. The molecule has 10 heteroatoms. The fraction of sp³-hybridized carbons (Fsp3) is 0.273. The van der Waals surface area contributed by atoms with E-state index in [9.17, 15) is 13.6 Å². The van der Waals surface area contributed by atoms with Crippen LogP contribution in [-0.2, 0) is 0 Å². The molecule has 32 heavy (non-hydrogen) atoms. The third-order valence-electron chi connectivity index (χ3n) is 5.09. The molecule has 1 aromatic carbocycles. The van der Waals surface area contributed by atoms with Crippen LogP contribution in [0.1, 0.15) is 29.0 Å². The largest absolute Gasteiger partial charge is 0.369 e. The van der Waals surface area contributed by atoms with E-state index in [0.717, 1.165) is 11.4 Å². The molecule has 0 bridgehead atoms. The summed E-state index contributed by atoms with van der Waals surface area (Å²) in [5.74, 6) is -2.86. The topological polar surface area (TPSA) is 83.0 Å². The molecule has 0 atom stereocenters. The van der Waals surface area contributed by atoms with E-state index in [2.05, 4.69) is 25.6 Å². The third-order valence-corrected chi connectivity index (χ3v) is 5.34. The Hall–Kier alpha value is -3.33. The van der Waals surface area contributed by atoms with Gasteiger partial charge < -0.3 is 15.5 Å². The van der Waals surface area contributed by atoms with Gasteiger partial charge in [-0.3, -0.25) is 9.78 Å². The van der Waals surface area contributed by atoms with Crippen LogP contribution in [0.25, 0.3) is 0 Å². The van der Waals surface area contributed by atoms with Gasteiger partial charge in [0, 0.05) is 48.5 Å². The lowest BCUT2D eigenvalue weighted by Crippen LogP contribution is -2.39. The van der Waals surface area contributed by atoms with Crippen molar-refractivity contribution in [3.05, 3.63) is 65.2 Å². The van der Waals surface area contributed by atoms with Gasteiger partial charge in [-0.25, -0.2) is 18.7 Å². The van der Waals surface area contributed by atoms with E-state index in [0.29, 0.717) is 16.4 Å². The van der Waals surface area contributed by atoms with Crippen LogP contribution in [0.2, 0.25) is 5.02 Å². The van der Waals surface area contributed by atoms with Gasteiger partial charge in [0.2, 0.25) is 5.95 Å². The Labute approximate surface area is 188 Å². The number of carbonyl (C=O) groups is 1. The molecule has 3 heterocycles. The van der Waals surface area contributed by atoms with Crippen molar-refractivity contribution in [2.45, 2.75) is 25.7 Å². The average molecular weight is 459 g/mol. The summed E-state index contributed by atoms with van der Waals surface area (Å²) in [5, 5.41) is 6.42. The van der Waals surface area contributed by atoms with Crippen molar-refractivity contribution >= 4 is 40.5 Å². The molecule has 2 aromatic heterocycles. The number of nitrogens with zero attached hydrogens (tertiary/aromatic N) is 4. The van der Waals surface area contributed by atoms with E-state index < -0.39 is 11.8 Å². The van der Waals surface area contributed by atoms with Gasteiger partial charge in [-0.15, -0.1) is 0 Å². The Morgan fingerprint density at radius 3 is 2.56 bits per heavy atom. The standard InChI is InChI=1S/C22H21ClF2N6O/c1-14-12-19(31-10-7-22(24,25)8-11-31)18(13-27-14)29-20(32)17-6-9-26-21(30-17)28-16-4-2-15(23)3-5-16/h2-6,9,12-13H,7-8,10-11H2,1H3,(H,29,32)(H,26,28,30). The maximum Gasteiger partial charge on any atom is 0.274 e. The van der Waals surface area contributed by atoms with Crippen LogP contribution < -0.4 is 15.5 Å². The van der Waals surface area contributed by atoms with Crippen LogP contribution in [-0.4, -0.2) is 39.9 Å². The Morgan fingerprint density at radius 2 is 1.84 bits per heavy atom. The SMILES string of the molecule is Cc1cc(N2CCC(F)(F)CC2)c(NC(=O)c2ccnc(Nc3ccc(Cl)cc3)n2)cn1. The van der Waals surface area contributed by atoms with Crippen LogP contribution in [0.5, 0.6) is 0 Å². The molecule has 0 radical (unpaired) electrons. The first-order valence-electron chi connectivity index (χ1n) is 10.1. The number of carbonyl (C=O) groups excluding carboxylic acids is 1. The molecule has 3 aromatic rings. The molecule has 1 saturated heterocycles. The first-order valence-corrected chi connectivity index (χ1v) is 10.4. The number of amides is 1. The quantitative estimate of drug-likeness (QED) is 0.555. The van der Waals surface area contributed by atoms with Gasteiger partial charge in [0.05, 0.1) is 17.6 Å². The van der Waals surface area contributed by atoms with E-state index >= 15 is 0 Å². The zero-order valence-corrected chi connectivity index (χ0v) is 18.0. The van der Waals surface area contributed by atoms with E-state index in [1.807, 2.05) is 11.8 Å². The van der Waals surface area contributed by atoms with Crippen molar-refractivity contribution in [2.75, 3.05) is 28.6 Å². The average Bonchev–Trinajstić information content (AvgIpc) is 2.77. The highest BCUT2D eigenvalue weighted by Gasteiger charge is 2.34. The van der Waals surface area contributed by atoms with E-state index in [-0.39, 0.29) is 37.6 Å². The number of alkyl halides is 2. The first kappa shape index (κ1) is 21.9. The van der Waals surface area contributed by atoms with Crippen LogP contribution in [0.3, 0.4) is 0 Å². The highest BCUT2D eigenvalue weighted by atomic mass is 35.5. The van der Waals surface area contributed by atoms with E-state index in [1.54, 1.807) is 30.3 Å². The first-order chi connectivity index (χ1) is 15.3. The fourth-order valence-corrected chi connectivity index (χ4v) is 3.50. The summed E-state index contributed by atoms with van der Waals surface area (Å²) in [6.45, 7) is 2.21. The number of rotatable bonds is 5. The van der Waals surface area contributed by atoms with E-state index in [1.165, 1.54) is 18.5 Å².